The molecule has 1 aliphatic heterocycles. The second-order valence-electron chi connectivity index (χ2n) is 7.73. The Balaban J connectivity index is 1.52. The average Bonchev–Trinajstić information content (AvgIpc) is 2.68. The van der Waals surface area contributed by atoms with E-state index in [0.717, 1.165) is 25.7 Å². The SMILES string of the molecule is O=C(NCCC1=CCCCC1)C1CCCN(S(=O)(=O)Cc2cccc(Cl)c2)C1. The molecule has 0 saturated carbocycles. The van der Waals surface area contributed by atoms with Crippen LogP contribution < -0.4 is 5.32 Å². The van der Waals surface area contributed by atoms with E-state index in [1.54, 1.807) is 24.3 Å². The van der Waals surface area contributed by atoms with Crippen LogP contribution in [0.25, 0.3) is 0 Å². The maximum absolute atomic E-state index is 12.8. The Morgan fingerprint density at radius 1 is 1.25 bits per heavy atom. The Morgan fingerprint density at radius 3 is 2.86 bits per heavy atom. The van der Waals surface area contributed by atoms with Crippen LogP contribution in [0.1, 0.15) is 50.5 Å². The number of allylic oxidation sites excluding steroid dienone is 1. The summed E-state index contributed by atoms with van der Waals surface area (Å²) in [6, 6.07) is 6.91. The molecule has 154 valence electrons. The average molecular weight is 425 g/mol. The molecule has 1 N–H and O–H groups in total. The van der Waals surface area contributed by atoms with Crippen LogP contribution in [0.15, 0.2) is 35.9 Å². The van der Waals surface area contributed by atoms with Gasteiger partial charge in [-0.3, -0.25) is 4.79 Å². The topological polar surface area (TPSA) is 66.5 Å². The van der Waals surface area contributed by atoms with Gasteiger partial charge in [0.05, 0.1) is 11.7 Å². The first kappa shape index (κ1) is 21.3. The minimum atomic E-state index is -3.47. The van der Waals surface area contributed by atoms with Crippen molar-refractivity contribution < 1.29 is 13.2 Å². The highest BCUT2D eigenvalue weighted by molar-refractivity contribution is 7.88. The number of hydrogen-bond donors (Lipinski definition) is 1. The van der Waals surface area contributed by atoms with Crippen LogP contribution in [0.2, 0.25) is 5.02 Å². The molecular formula is C21H29ClN2O3S. The molecule has 1 aliphatic carbocycles. The molecule has 5 nitrogen and oxygen atoms in total. The standard InChI is InChI=1S/C21H29ClN2O3S/c22-20-10-4-8-18(14-20)16-28(26,27)24-13-5-9-19(15-24)21(25)23-12-11-17-6-2-1-3-7-17/h4,6,8,10,14,19H,1-3,5,7,9,11-13,15-16H2,(H,23,25). The number of nitrogens with one attached hydrogen (secondary N) is 1. The van der Waals surface area contributed by atoms with Crippen LogP contribution in [-0.2, 0) is 20.6 Å². The lowest BCUT2D eigenvalue weighted by Crippen LogP contribution is -2.45. The first-order valence-electron chi connectivity index (χ1n) is 10.1. The number of carbonyl (C=O) groups excluding carboxylic acids is 1. The molecule has 1 fully saturated rings. The Hall–Kier alpha value is -1.37. The highest BCUT2D eigenvalue weighted by Crippen LogP contribution is 2.23. The van der Waals surface area contributed by atoms with Gasteiger partial charge < -0.3 is 5.32 Å². The summed E-state index contributed by atoms with van der Waals surface area (Å²) in [5.41, 5.74) is 2.10. The highest BCUT2D eigenvalue weighted by atomic mass is 35.5. The zero-order valence-corrected chi connectivity index (χ0v) is 17.8. The summed E-state index contributed by atoms with van der Waals surface area (Å²) in [6.07, 6.45) is 9.41. The third-order valence-corrected chi connectivity index (χ3v) is 7.57. The van der Waals surface area contributed by atoms with Gasteiger partial charge in [-0.05, 0) is 62.6 Å². The van der Waals surface area contributed by atoms with Crippen LogP contribution in [0, 0.1) is 5.92 Å². The zero-order chi connectivity index (χ0) is 20.0. The van der Waals surface area contributed by atoms with E-state index in [2.05, 4.69) is 11.4 Å². The maximum Gasteiger partial charge on any atom is 0.224 e. The zero-order valence-electron chi connectivity index (χ0n) is 16.2. The van der Waals surface area contributed by atoms with Crippen molar-refractivity contribution in [3.05, 3.63) is 46.5 Å². The molecule has 1 aromatic rings. The third-order valence-electron chi connectivity index (χ3n) is 5.52. The smallest absolute Gasteiger partial charge is 0.224 e. The molecule has 2 aliphatic rings. The van der Waals surface area contributed by atoms with Gasteiger partial charge in [0.25, 0.3) is 0 Å². The van der Waals surface area contributed by atoms with Gasteiger partial charge in [0.15, 0.2) is 0 Å². The lowest BCUT2D eigenvalue weighted by atomic mass is 9.96. The van der Waals surface area contributed by atoms with Gasteiger partial charge in [0.1, 0.15) is 0 Å². The summed E-state index contributed by atoms with van der Waals surface area (Å²) in [4.78, 5) is 12.5. The van der Waals surface area contributed by atoms with Gasteiger partial charge in [-0.2, -0.15) is 0 Å². The molecule has 1 heterocycles. The predicted octanol–water partition coefficient (Wildman–Crippen LogP) is 3.89. The number of hydrogen-bond acceptors (Lipinski definition) is 3. The van der Waals surface area contributed by atoms with Crippen molar-refractivity contribution in [2.45, 2.75) is 50.7 Å². The largest absolute Gasteiger partial charge is 0.356 e. The van der Waals surface area contributed by atoms with Crippen molar-refractivity contribution >= 4 is 27.5 Å². The fourth-order valence-electron chi connectivity index (χ4n) is 3.96. The maximum atomic E-state index is 12.8. The minimum Gasteiger partial charge on any atom is -0.356 e. The van der Waals surface area contributed by atoms with Gasteiger partial charge in [-0.25, -0.2) is 12.7 Å². The van der Waals surface area contributed by atoms with E-state index in [1.165, 1.54) is 22.7 Å². The molecule has 28 heavy (non-hydrogen) atoms. The Kier molecular flexibility index (Phi) is 7.55. The molecule has 1 amide bonds. The number of carbonyl (C=O) groups is 1. The van der Waals surface area contributed by atoms with Crippen molar-refractivity contribution in [1.29, 1.82) is 0 Å². The van der Waals surface area contributed by atoms with E-state index < -0.39 is 10.0 Å². The van der Waals surface area contributed by atoms with Crippen molar-refractivity contribution in [3.63, 3.8) is 0 Å². The molecule has 1 aromatic carbocycles. The molecule has 0 radical (unpaired) electrons. The van der Waals surface area contributed by atoms with Crippen molar-refractivity contribution in [1.82, 2.24) is 9.62 Å². The monoisotopic (exact) mass is 424 g/mol. The van der Waals surface area contributed by atoms with E-state index >= 15 is 0 Å². The van der Waals surface area contributed by atoms with E-state index in [1.807, 2.05) is 0 Å². The van der Waals surface area contributed by atoms with Gasteiger partial charge in [-0.15, -0.1) is 0 Å². The molecule has 1 saturated heterocycles. The summed E-state index contributed by atoms with van der Waals surface area (Å²) >= 11 is 5.96. The first-order valence-corrected chi connectivity index (χ1v) is 12.1. The van der Waals surface area contributed by atoms with E-state index in [0.29, 0.717) is 30.1 Å². The lowest BCUT2D eigenvalue weighted by Gasteiger charge is -2.31. The van der Waals surface area contributed by atoms with E-state index in [-0.39, 0.29) is 24.1 Å². The van der Waals surface area contributed by atoms with Crippen LogP contribution in [-0.4, -0.2) is 38.3 Å². The van der Waals surface area contributed by atoms with Crippen LogP contribution in [0.4, 0.5) is 0 Å². The minimum absolute atomic E-state index is 0.0286. The summed E-state index contributed by atoms with van der Waals surface area (Å²) in [5.74, 6) is -0.391. The summed E-state index contributed by atoms with van der Waals surface area (Å²) < 4.78 is 27.1. The molecule has 1 atom stereocenters. The fourth-order valence-corrected chi connectivity index (χ4v) is 5.77. The van der Waals surface area contributed by atoms with Gasteiger partial charge >= 0.3 is 0 Å². The third kappa shape index (κ3) is 6.06. The number of rotatable bonds is 7. The van der Waals surface area contributed by atoms with Crippen LogP contribution >= 0.6 is 11.6 Å². The predicted molar refractivity (Wildman–Crippen MR) is 113 cm³/mol. The number of sulfonamides is 1. The van der Waals surface area contributed by atoms with Gasteiger partial charge in [0.2, 0.25) is 15.9 Å². The molecule has 0 aromatic heterocycles. The van der Waals surface area contributed by atoms with Crippen molar-refractivity contribution in [3.8, 4) is 0 Å². The molecule has 7 heteroatoms. The van der Waals surface area contributed by atoms with Gasteiger partial charge in [-0.1, -0.05) is 35.4 Å². The van der Waals surface area contributed by atoms with Crippen molar-refractivity contribution in [2.24, 2.45) is 5.92 Å². The summed E-state index contributed by atoms with van der Waals surface area (Å²) in [5, 5.41) is 3.53. The van der Waals surface area contributed by atoms with Crippen LogP contribution in [0.3, 0.4) is 0 Å². The summed E-state index contributed by atoms with van der Waals surface area (Å²) in [6.45, 7) is 1.37. The first-order chi connectivity index (χ1) is 13.4. The fraction of sp³-hybridized carbons (Fsp3) is 0.571. The number of piperidine rings is 1. The second kappa shape index (κ2) is 9.90. The number of amides is 1. The summed E-state index contributed by atoms with van der Waals surface area (Å²) in [7, 11) is -3.47. The van der Waals surface area contributed by atoms with Crippen LogP contribution in [0.5, 0.6) is 0 Å². The van der Waals surface area contributed by atoms with E-state index in [4.69, 9.17) is 11.6 Å². The molecule has 3 rings (SSSR count). The second-order valence-corrected chi connectivity index (χ2v) is 10.1. The number of halogens is 1. The lowest BCUT2D eigenvalue weighted by molar-refractivity contribution is -0.126. The molecule has 0 spiro atoms. The quantitative estimate of drug-likeness (QED) is 0.675. The Morgan fingerprint density at radius 2 is 2.11 bits per heavy atom. The highest BCUT2D eigenvalue weighted by Gasteiger charge is 2.32. The van der Waals surface area contributed by atoms with Gasteiger partial charge in [0, 0.05) is 24.7 Å². The number of benzene rings is 1. The van der Waals surface area contributed by atoms with E-state index in [9.17, 15) is 13.2 Å². The Labute approximate surface area is 173 Å². The molecule has 1 unspecified atom stereocenters. The normalized spacial score (nSPS) is 21.2. The molecular weight excluding hydrogens is 396 g/mol. The number of nitrogens with zero attached hydrogens (tertiary/aromatic N) is 1. The molecule has 0 bridgehead atoms. The van der Waals surface area contributed by atoms with Crippen molar-refractivity contribution in [2.75, 3.05) is 19.6 Å². The Bertz CT molecular complexity index is 823.